The molecule has 0 radical (unpaired) electrons. The van der Waals surface area contributed by atoms with Gasteiger partial charge in [-0.15, -0.1) is 0 Å². The van der Waals surface area contributed by atoms with Crippen molar-refractivity contribution >= 4 is 5.91 Å². The molecule has 0 aliphatic rings. The zero-order chi connectivity index (χ0) is 19.3. The van der Waals surface area contributed by atoms with E-state index in [4.69, 9.17) is 14.2 Å². The molecule has 1 N–H and O–H groups in total. The van der Waals surface area contributed by atoms with Crippen molar-refractivity contribution < 1.29 is 19.0 Å². The van der Waals surface area contributed by atoms with Crippen LogP contribution in [0.4, 0.5) is 0 Å². The summed E-state index contributed by atoms with van der Waals surface area (Å²) in [6.07, 6.45) is 1.11. The molecule has 0 fully saturated rings. The summed E-state index contributed by atoms with van der Waals surface area (Å²) in [6.45, 7) is 6.17. The van der Waals surface area contributed by atoms with E-state index < -0.39 is 0 Å². The number of ether oxygens (including phenoxy) is 3. The SMILES string of the molecule is CCOCCOc1ccc(C[C@@H](C)NC(=O)CCOc2ccccc2)cc1. The first-order chi connectivity index (χ1) is 13.2. The Morgan fingerprint density at radius 3 is 2.30 bits per heavy atom. The van der Waals surface area contributed by atoms with Gasteiger partial charge in [-0.2, -0.15) is 0 Å². The summed E-state index contributed by atoms with van der Waals surface area (Å²) in [6, 6.07) is 17.5. The fourth-order valence-corrected chi connectivity index (χ4v) is 2.61. The number of hydrogen-bond donors (Lipinski definition) is 1. The second kappa shape index (κ2) is 12.0. The zero-order valence-electron chi connectivity index (χ0n) is 16.1. The summed E-state index contributed by atoms with van der Waals surface area (Å²) in [4.78, 5) is 12.0. The summed E-state index contributed by atoms with van der Waals surface area (Å²) in [5.41, 5.74) is 1.15. The van der Waals surface area contributed by atoms with Crippen molar-refractivity contribution in [1.29, 1.82) is 0 Å². The third kappa shape index (κ3) is 8.60. The van der Waals surface area contributed by atoms with Gasteiger partial charge in [-0.1, -0.05) is 30.3 Å². The Bertz CT molecular complexity index is 658. The maximum Gasteiger partial charge on any atom is 0.223 e. The van der Waals surface area contributed by atoms with Crippen LogP contribution in [0.15, 0.2) is 54.6 Å². The fraction of sp³-hybridized carbons (Fsp3) is 0.409. The summed E-state index contributed by atoms with van der Waals surface area (Å²) in [5, 5.41) is 3.01. The van der Waals surface area contributed by atoms with E-state index in [1.807, 2.05) is 68.4 Å². The summed E-state index contributed by atoms with van der Waals surface area (Å²) >= 11 is 0. The van der Waals surface area contributed by atoms with Crippen LogP contribution in [0.2, 0.25) is 0 Å². The summed E-state index contributed by atoms with van der Waals surface area (Å²) < 4.78 is 16.4. The fourth-order valence-electron chi connectivity index (χ4n) is 2.61. The molecule has 1 atom stereocenters. The minimum absolute atomic E-state index is 0.00527. The van der Waals surface area contributed by atoms with Crippen molar-refractivity contribution in [3.05, 3.63) is 60.2 Å². The molecule has 2 aromatic rings. The zero-order valence-corrected chi connectivity index (χ0v) is 16.1. The van der Waals surface area contributed by atoms with E-state index in [9.17, 15) is 4.79 Å². The average Bonchev–Trinajstić information content (AvgIpc) is 2.67. The smallest absolute Gasteiger partial charge is 0.223 e. The molecule has 1 amide bonds. The number of rotatable bonds is 12. The third-order valence-electron chi connectivity index (χ3n) is 3.91. The van der Waals surface area contributed by atoms with Crippen molar-refractivity contribution in [2.24, 2.45) is 0 Å². The van der Waals surface area contributed by atoms with Crippen molar-refractivity contribution in [2.75, 3.05) is 26.4 Å². The van der Waals surface area contributed by atoms with Crippen molar-refractivity contribution in [2.45, 2.75) is 32.7 Å². The second-order valence-electron chi connectivity index (χ2n) is 6.27. The first kappa shape index (κ1) is 20.8. The van der Waals surface area contributed by atoms with E-state index >= 15 is 0 Å². The quantitative estimate of drug-likeness (QED) is 0.579. The highest BCUT2D eigenvalue weighted by Gasteiger charge is 2.09. The van der Waals surface area contributed by atoms with Gasteiger partial charge < -0.3 is 19.5 Å². The van der Waals surface area contributed by atoms with Crippen molar-refractivity contribution in [1.82, 2.24) is 5.32 Å². The van der Waals surface area contributed by atoms with Crippen LogP contribution in [-0.4, -0.2) is 38.4 Å². The number of para-hydroxylation sites is 1. The Balaban J connectivity index is 1.65. The van der Waals surface area contributed by atoms with Gasteiger partial charge in [0.25, 0.3) is 0 Å². The van der Waals surface area contributed by atoms with Gasteiger partial charge in [0, 0.05) is 12.6 Å². The van der Waals surface area contributed by atoms with Crippen LogP contribution in [0.25, 0.3) is 0 Å². The highest BCUT2D eigenvalue weighted by Crippen LogP contribution is 2.13. The molecule has 5 heteroatoms. The van der Waals surface area contributed by atoms with Gasteiger partial charge in [-0.3, -0.25) is 4.79 Å². The summed E-state index contributed by atoms with van der Waals surface area (Å²) in [5.74, 6) is 1.60. The Morgan fingerprint density at radius 1 is 0.926 bits per heavy atom. The lowest BCUT2D eigenvalue weighted by atomic mass is 10.1. The van der Waals surface area contributed by atoms with Crippen LogP contribution in [0.1, 0.15) is 25.8 Å². The number of carbonyl (C=O) groups is 1. The Morgan fingerprint density at radius 2 is 1.59 bits per heavy atom. The van der Waals surface area contributed by atoms with Crippen molar-refractivity contribution in [3.63, 3.8) is 0 Å². The average molecular weight is 371 g/mol. The van der Waals surface area contributed by atoms with E-state index in [0.717, 1.165) is 23.5 Å². The minimum atomic E-state index is -0.00527. The van der Waals surface area contributed by atoms with Gasteiger partial charge >= 0.3 is 0 Å². The largest absolute Gasteiger partial charge is 0.493 e. The molecule has 2 rings (SSSR count). The highest BCUT2D eigenvalue weighted by atomic mass is 16.5. The molecule has 5 nitrogen and oxygen atoms in total. The van der Waals surface area contributed by atoms with Gasteiger partial charge in [-0.25, -0.2) is 0 Å². The van der Waals surface area contributed by atoms with Gasteiger partial charge in [0.2, 0.25) is 5.91 Å². The number of benzene rings is 2. The molecule has 27 heavy (non-hydrogen) atoms. The summed E-state index contributed by atoms with van der Waals surface area (Å²) in [7, 11) is 0. The second-order valence-corrected chi connectivity index (χ2v) is 6.27. The van der Waals surface area contributed by atoms with E-state index in [0.29, 0.717) is 32.8 Å². The molecular formula is C22H29NO4. The molecule has 0 aromatic heterocycles. The Hall–Kier alpha value is -2.53. The monoisotopic (exact) mass is 371 g/mol. The van der Waals surface area contributed by atoms with Crippen LogP contribution in [0.5, 0.6) is 11.5 Å². The van der Waals surface area contributed by atoms with E-state index in [-0.39, 0.29) is 11.9 Å². The Labute approximate surface area is 161 Å². The van der Waals surface area contributed by atoms with Crippen LogP contribution >= 0.6 is 0 Å². The predicted octanol–water partition coefficient (Wildman–Crippen LogP) is 3.62. The van der Waals surface area contributed by atoms with E-state index in [1.165, 1.54) is 0 Å². The van der Waals surface area contributed by atoms with Crippen LogP contribution in [-0.2, 0) is 16.0 Å². The molecule has 0 spiro atoms. The van der Waals surface area contributed by atoms with Gasteiger partial charge in [-0.05, 0) is 50.1 Å². The maximum atomic E-state index is 12.0. The lowest BCUT2D eigenvalue weighted by Crippen LogP contribution is -2.34. The lowest BCUT2D eigenvalue weighted by Gasteiger charge is -2.15. The van der Waals surface area contributed by atoms with Gasteiger partial charge in [0.05, 0.1) is 19.6 Å². The third-order valence-corrected chi connectivity index (χ3v) is 3.91. The lowest BCUT2D eigenvalue weighted by molar-refractivity contribution is -0.122. The van der Waals surface area contributed by atoms with Gasteiger partial charge in [0.1, 0.15) is 18.1 Å². The topological polar surface area (TPSA) is 56.8 Å². The normalized spacial score (nSPS) is 11.6. The van der Waals surface area contributed by atoms with Crippen LogP contribution in [0, 0.1) is 0 Å². The number of hydrogen-bond acceptors (Lipinski definition) is 4. The first-order valence-electron chi connectivity index (χ1n) is 9.44. The van der Waals surface area contributed by atoms with Crippen molar-refractivity contribution in [3.8, 4) is 11.5 Å². The molecule has 0 unspecified atom stereocenters. The maximum absolute atomic E-state index is 12.0. The predicted molar refractivity (Wildman–Crippen MR) is 106 cm³/mol. The standard InChI is InChI=1S/C22H29NO4/c1-3-25-15-16-27-21-11-9-19(10-12-21)17-18(2)23-22(24)13-14-26-20-7-5-4-6-8-20/h4-12,18H,3,13-17H2,1-2H3,(H,23,24)/t18-/m1/s1. The van der Waals surface area contributed by atoms with E-state index in [1.54, 1.807) is 0 Å². The first-order valence-corrected chi connectivity index (χ1v) is 9.44. The minimum Gasteiger partial charge on any atom is -0.493 e. The molecule has 0 aliphatic carbocycles. The highest BCUT2D eigenvalue weighted by molar-refractivity contribution is 5.76. The van der Waals surface area contributed by atoms with Gasteiger partial charge in [0.15, 0.2) is 0 Å². The number of carbonyl (C=O) groups excluding carboxylic acids is 1. The Kier molecular flexibility index (Phi) is 9.21. The van der Waals surface area contributed by atoms with Crippen LogP contribution in [0.3, 0.4) is 0 Å². The molecule has 146 valence electrons. The molecular weight excluding hydrogens is 342 g/mol. The molecule has 0 saturated carbocycles. The van der Waals surface area contributed by atoms with Crippen LogP contribution < -0.4 is 14.8 Å². The molecule has 0 aliphatic heterocycles. The molecule has 0 heterocycles. The number of amides is 1. The molecule has 0 bridgehead atoms. The molecule has 0 saturated heterocycles. The molecule has 2 aromatic carbocycles. The number of nitrogens with one attached hydrogen (secondary N) is 1. The van der Waals surface area contributed by atoms with E-state index in [2.05, 4.69) is 5.32 Å².